The van der Waals surface area contributed by atoms with E-state index in [0.29, 0.717) is 17.5 Å². The van der Waals surface area contributed by atoms with Gasteiger partial charge in [0.1, 0.15) is 5.82 Å². The summed E-state index contributed by atoms with van der Waals surface area (Å²) in [6, 6.07) is 4.49. The molecule has 0 radical (unpaired) electrons. The molecule has 0 N–H and O–H groups in total. The summed E-state index contributed by atoms with van der Waals surface area (Å²) < 4.78 is 13.1. The van der Waals surface area contributed by atoms with Crippen molar-refractivity contribution in [1.82, 2.24) is 0 Å². The number of carbonyl (C=O) groups is 1. The summed E-state index contributed by atoms with van der Waals surface area (Å²) in [4.78, 5) is 11.3. The predicted octanol–water partition coefficient (Wildman–Crippen LogP) is 3.35. The molecular weight excluding hydrogens is 247 g/mol. The highest BCUT2D eigenvalue weighted by Gasteiger charge is 2.13. The zero-order chi connectivity index (χ0) is 10.7. The number of benzene rings is 1. The zero-order valence-corrected chi connectivity index (χ0v) is 9.77. The van der Waals surface area contributed by atoms with E-state index >= 15 is 0 Å². The fourth-order valence-electron chi connectivity index (χ4n) is 1.23. The molecule has 1 aromatic rings. The van der Waals surface area contributed by atoms with Gasteiger partial charge in [-0.15, -0.1) is 0 Å². The molecule has 1 atom stereocenters. The lowest BCUT2D eigenvalue weighted by Crippen LogP contribution is -2.10. The van der Waals surface area contributed by atoms with E-state index in [-0.39, 0.29) is 16.4 Å². The van der Waals surface area contributed by atoms with Crippen LogP contribution in [0.25, 0.3) is 0 Å². The maximum Gasteiger partial charge on any atom is 0.176 e. The van der Waals surface area contributed by atoms with Gasteiger partial charge in [0, 0.05) is 5.56 Å². The molecule has 0 saturated heterocycles. The van der Waals surface area contributed by atoms with Gasteiger partial charge in [0.05, 0.1) is 4.83 Å². The van der Waals surface area contributed by atoms with Crippen LogP contribution in [-0.4, -0.2) is 10.6 Å². The fraction of sp³-hybridized carbons (Fsp3) is 0.364. The number of aryl methyl sites for hydroxylation is 1. The standard InChI is InChI=1S/C11H12BrFO/c1-3-8-6-9(4-5-10(8)13)11(14)7(2)12/h4-7H,3H2,1-2H3. The van der Waals surface area contributed by atoms with Crippen LogP contribution < -0.4 is 0 Å². The van der Waals surface area contributed by atoms with Gasteiger partial charge in [-0.25, -0.2) is 4.39 Å². The lowest BCUT2D eigenvalue weighted by molar-refractivity contribution is 0.0995. The van der Waals surface area contributed by atoms with Crippen LogP contribution in [0.2, 0.25) is 0 Å². The van der Waals surface area contributed by atoms with Crippen LogP contribution in [0.15, 0.2) is 18.2 Å². The summed E-state index contributed by atoms with van der Waals surface area (Å²) in [5.74, 6) is -0.258. The second-order valence-corrected chi connectivity index (χ2v) is 4.51. The first-order valence-electron chi connectivity index (χ1n) is 4.53. The van der Waals surface area contributed by atoms with Crippen LogP contribution in [0, 0.1) is 5.82 Å². The third-order valence-corrected chi connectivity index (χ3v) is 2.49. The number of alkyl halides is 1. The first-order valence-corrected chi connectivity index (χ1v) is 5.44. The smallest absolute Gasteiger partial charge is 0.176 e. The van der Waals surface area contributed by atoms with Gasteiger partial charge in [0.2, 0.25) is 0 Å². The quantitative estimate of drug-likeness (QED) is 0.601. The highest BCUT2D eigenvalue weighted by molar-refractivity contribution is 9.10. The fourth-order valence-corrected chi connectivity index (χ4v) is 1.49. The Hall–Kier alpha value is -0.700. The Morgan fingerprint density at radius 1 is 1.57 bits per heavy atom. The minimum atomic E-state index is -0.244. The van der Waals surface area contributed by atoms with Crippen molar-refractivity contribution in [3.05, 3.63) is 35.1 Å². The van der Waals surface area contributed by atoms with Crippen LogP contribution >= 0.6 is 15.9 Å². The summed E-state index contributed by atoms with van der Waals surface area (Å²) in [5, 5.41) is 0. The molecule has 0 aliphatic heterocycles. The van der Waals surface area contributed by atoms with E-state index in [1.54, 1.807) is 13.0 Å². The van der Waals surface area contributed by atoms with Gasteiger partial charge >= 0.3 is 0 Å². The van der Waals surface area contributed by atoms with E-state index in [1.165, 1.54) is 12.1 Å². The molecule has 0 amide bonds. The van der Waals surface area contributed by atoms with Crippen molar-refractivity contribution < 1.29 is 9.18 Å². The van der Waals surface area contributed by atoms with Gasteiger partial charge in [-0.2, -0.15) is 0 Å². The minimum Gasteiger partial charge on any atom is -0.293 e. The van der Waals surface area contributed by atoms with Crippen LogP contribution in [0.1, 0.15) is 29.8 Å². The Morgan fingerprint density at radius 2 is 2.21 bits per heavy atom. The van der Waals surface area contributed by atoms with Crippen molar-refractivity contribution in [1.29, 1.82) is 0 Å². The van der Waals surface area contributed by atoms with Gasteiger partial charge in [-0.05, 0) is 37.1 Å². The number of hydrogen-bond donors (Lipinski definition) is 0. The lowest BCUT2D eigenvalue weighted by Gasteiger charge is -2.05. The second-order valence-electron chi connectivity index (χ2n) is 3.14. The molecule has 0 bridgehead atoms. The Morgan fingerprint density at radius 3 is 2.71 bits per heavy atom. The number of rotatable bonds is 3. The Bertz CT molecular complexity index is 347. The Labute approximate surface area is 91.5 Å². The van der Waals surface area contributed by atoms with Crippen molar-refractivity contribution in [3.8, 4) is 0 Å². The molecule has 1 rings (SSSR count). The topological polar surface area (TPSA) is 17.1 Å². The van der Waals surface area contributed by atoms with Crippen LogP contribution in [-0.2, 0) is 6.42 Å². The third kappa shape index (κ3) is 2.41. The van der Waals surface area contributed by atoms with E-state index in [4.69, 9.17) is 0 Å². The number of carbonyl (C=O) groups excluding carboxylic acids is 1. The number of halogens is 2. The van der Waals surface area contributed by atoms with Crippen molar-refractivity contribution in [2.75, 3.05) is 0 Å². The highest BCUT2D eigenvalue weighted by atomic mass is 79.9. The molecule has 0 aromatic heterocycles. The van der Waals surface area contributed by atoms with Crippen molar-refractivity contribution in [2.24, 2.45) is 0 Å². The molecule has 76 valence electrons. The summed E-state index contributed by atoms with van der Waals surface area (Å²) in [6.45, 7) is 3.63. The van der Waals surface area contributed by atoms with E-state index in [2.05, 4.69) is 15.9 Å². The molecule has 0 aliphatic rings. The first-order chi connectivity index (χ1) is 6.56. The van der Waals surface area contributed by atoms with Crippen LogP contribution in [0.5, 0.6) is 0 Å². The number of Topliss-reactive ketones (excluding diaryl/α,β-unsaturated/α-hetero) is 1. The summed E-state index contributed by atoms with van der Waals surface area (Å²) in [7, 11) is 0. The van der Waals surface area contributed by atoms with E-state index in [0.717, 1.165) is 0 Å². The summed E-state index contributed by atoms with van der Waals surface area (Å²) in [6.07, 6.45) is 0.601. The lowest BCUT2D eigenvalue weighted by atomic mass is 10.0. The molecule has 1 nitrogen and oxygen atoms in total. The SMILES string of the molecule is CCc1cc(C(=O)C(C)Br)ccc1F. The largest absolute Gasteiger partial charge is 0.293 e. The van der Waals surface area contributed by atoms with E-state index in [9.17, 15) is 9.18 Å². The third-order valence-electron chi connectivity index (χ3n) is 2.07. The second kappa shape index (κ2) is 4.69. The molecule has 0 aliphatic carbocycles. The Balaban J connectivity index is 3.06. The van der Waals surface area contributed by atoms with Gasteiger partial charge < -0.3 is 0 Å². The molecule has 1 unspecified atom stereocenters. The molecule has 0 saturated carbocycles. The molecular formula is C11H12BrFO. The average Bonchev–Trinajstić information content (AvgIpc) is 2.17. The van der Waals surface area contributed by atoms with Gasteiger partial charge in [0.15, 0.2) is 5.78 Å². The molecule has 0 spiro atoms. The molecule has 3 heteroatoms. The maximum absolute atomic E-state index is 13.1. The van der Waals surface area contributed by atoms with Crippen LogP contribution in [0.3, 0.4) is 0 Å². The van der Waals surface area contributed by atoms with Crippen molar-refractivity contribution in [3.63, 3.8) is 0 Å². The Kier molecular flexibility index (Phi) is 3.81. The number of ketones is 1. The normalized spacial score (nSPS) is 12.6. The van der Waals surface area contributed by atoms with Gasteiger partial charge in [-0.1, -0.05) is 22.9 Å². The molecule has 0 heterocycles. The van der Waals surface area contributed by atoms with Gasteiger partial charge in [0.25, 0.3) is 0 Å². The maximum atomic E-state index is 13.1. The zero-order valence-electron chi connectivity index (χ0n) is 8.18. The number of hydrogen-bond acceptors (Lipinski definition) is 1. The monoisotopic (exact) mass is 258 g/mol. The average molecular weight is 259 g/mol. The first kappa shape index (κ1) is 11.4. The minimum absolute atomic E-state index is 0.0142. The molecule has 0 fully saturated rings. The van der Waals surface area contributed by atoms with Crippen molar-refractivity contribution in [2.45, 2.75) is 25.1 Å². The van der Waals surface area contributed by atoms with E-state index in [1.807, 2.05) is 6.92 Å². The molecule has 1 aromatic carbocycles. The highest BCUT2D eigenvalue weighted by Crippen LogP contribution is 2.15. The summed E-state index contributed by atoms with van der Waals surface area (Å²) in [5.41, 5.74) is 1.15. The van der Waals surface area contributed by atoms with E-state index < -0.39 is 0 Å². The van der Waals surface area contributed by atoms with Gasteiger partial charge in [-0.3, -0.25) is 4.79 Å². The predicted molar refractivity (Wildman–Crippen MR) is 58.5 cm³/mol. The van der Waals surface area contributed by atoms with Crippen molar-refractivity contribution >= 4 is 21.7 Å². The molecule has 14 heavy (non-hydrogen) atoms. The van der Waals surface area contributed by atoms with Crippen LogP contribution in [0.4, 0.5) is 4.39 Å². The summed E-state index contributed by atoms with van der Waals surface area (Å²) >= 11 is 3.20.